The zero-order chi connectivity index (χ0) is 16.2. The van der Waals surface area contributed by atoms with E-state index in [1.165, 1.54) is 0 Å². The lowest BCUT2D eigenvalue weighted by Gasteiger charge is -2.21. The molecule has 0 unspecified atom stereocenters. The van der Waals surface area contributed by atoms with Crippen molar-refractivity contribution in [3.8, 4) is 0 Å². The smallest absolute Gasteiger partial charge is 0.326 e. The van der Waals surface area contributed by atoms with E-state index in [0.717, 1.165) is 22.4 Å². The Hall–Kier alpha value is -2.04. The summed E-state index contributed by atoms with van der Waals surface area (Å²) < 4.78 is 0. The molecular formula is C16H24N2O3. The summed E-state index contributed by atoms with van der Waals surface area (Å²) in [6, 6.07) is 2.58. The molecule has 116 valence electrons. The zero-order valence-corrected chi connectivity index (χ0v) is 13.3. The monoisotopic (exact) mass is 292 g/mol. The molecule has 0 fully saturated rings. The van der Waals surface area contributed by atoms with Crippen molar-refractivity contribution in [1.82, 2.24) is 5.32 Å². The second-order valence-corrected chi connectivity index (χ2v) is 5.57. The summed E-state index contributed by atoms with van der Waals surface area (Å²) in [5.74, 6) is -1.15. The highest BCUT2D eigenvalue weighted by atomic mass is 16.4. The number of carboxylic acids is 1. The standard InChI is InChI=1S/C16H24N2O3/c1-6-10(3)14(15(19)20)18-16(21)17-13-11(4)7-9(2)8-12(13)5/h7-8,10,14H,6H2,1-5H3,(H,19,20)(H2,17,18,21)/t10-,14-/m0/s1. The molecule has 3 N–H and O–H groups in total. The first kappa shape index (κ1) is 17.0. The molecule has 1 aromatic rings. The van der Waals surface area contributed by atoms with Gasteiger partial charge in [-0.1, -0.05) is 38.0 Å². The van der Waals surface area contributed by atoms with Gasteiger partial charge in [0.2, 0.25) is 0 Å². The minimum atomic E-state index is -1.02. The molecule has 0 spiro atoms. The van der Waals surface area contributed by atoms with E-state index in [4.69, 9.17) is 0 Å². The van der Waals surface area contributed by atoms with Gasteiger partial charge in [-0.05, 0) is 37.8 Å². The molecule has 0 radical (unpaired) electrons. The third-order valence-corrected chi connectivity index (χ3v) is 3.68. The van der Waals surface area contributed by atoms with Crippen molar-refractivity contribution in [2.75, 3.05) is 5.32 Å². The first-order valence-corrected chi connectivity index (χ1v) is 7.14. The SMILES string of the molecule is CC[C@H](C)[C@H](NC(=O)Nc1c(C)cc(C)cc1C)C(=O)O. The Morgan fingerprint density at radius 2 is 1.71 bits per heavy atom. The van der Waals surface area contributed by atoms with Crippen LogP contribution in [-0.4, -0.2) is 23.1 Å². The summed E-state index contributed by atoms with van der Waals surface area (Å²) in [7, 11) is 0. The van der Waals surface area contributed by atoms with Gasteiger partial charge in [-0.2, -0.15) is 0 Å². The van der Waals surface area contributed by atoms with Gasteiger partial charge in [-0.25, -0.2) is 9.59 Å². The third-order valence-electron chi connectivity index (χ3n) is 3.68. The van der Waals surface area contributed by atoms with Crippen LogP contribution in [0.25, 0.3) is 0 Å². The van der Waals surface area contributed by atoms with Gasteiger partial charge >= 0.3 is 12.0 Å². The molecule has 2 amide bonds. The number of anilines is 1. The molecular weight excluding hydrogens is 268 g/mol. The number of rotatable bonds is 5. The van der Waals surface area contributed by atoms with Gasteiger partial charge < -0.3 is 15.7 Å². The average molecular weight is 292 g/mol. The predicted molar refractivity (Wildman–Crippen MR) is 83.7 cm³/mol. The average Bonchev–Trinajstić information content (AvgIpc) is 2.39. The van der Waals surface area contributed by atoms with Crippen molar-refractivity contribution in [1.29, 1.82) is 0 Å². The Balaban J connectivity index is 2.84. The summed E-state index contributed by atoms with van der Waals surface area (Å²) in [6.07, 6.45) is 0.680. The molecule has 5 heteroatoms. The van der Waals surface area contributed by atoms with Gasteiger partial charge in [-0.3, -0.25) is 0 Å². The predicted octanol–water partition coefficient (Wildman–Crippen LogP) is 3.23. The zero-order valence-electron chi connectivity index (χ0n) is 13.3. The van der Waals surface area contributed by atoms with E-state index >= 15 is 0 Å². The van der Waals surface area contributed by atoms with Crippen molar-refractivity contribution in [2.45, 2.75) is 47.1 Å². The van der Waals surface area contributed by atoms with Gasteiger partial charge in [0.1, 0.15) is 6.04 Å². The quantitative estimate of drug-likeness (QED) is 0.779. The number of hydrogen-bond donors (Lipinski definition) is 3. The number of amides is 2. The van der Waals surface area contributed by atoms with Crippen molar-refractivity contribution >= 4 is 17.7 Å². The first-order chi connectivity index (χ1) is 9.76. The maximum atomic E-state index is 12.1. The fourth-order valence-electron chi connectivity index (χ4n) is 2.35. The Kier molecular flexibility index (Phi) is 5.76. The van der Waals surface area contributed by atoms with Crippen LogP contribution in [0.3, 0.4) is 0 Å². The minimum absolute atomic E-state index is 0.131. The molecule has 0 aromatic heterocycles. The van der Waals surface area contributed by atoms with Crippen LogP contribution in [0.5, 0.6) is 0 Å². The van der Waals surface area contributed by atoms with E-state index in [1.54, 1.807) is 6.92 Å². The number of carboxylic acid groups (broad SMARTS) is 1. The highest BCUT2D eigenvalue weighted by Crippen LogP contribution is 2.21. The number of nitrogens with one attached hydrogen (secondary N) is 2. The van der Waals surface area contributed by atoms with Crippen LogP contribution in [0.1, 0.15) is 37.0 Å². The van der Waals surface area contributed by atoms with E-state index in [9.17, 15) is 14.7 Å². The van der Waals surface area contributed by atoms with E-state index in [2.05, 4.69) is 10.6 Å². The summed E-state index contributed by atoms with van der Waals surface area (Å²) in [5, 5.41) is 14.5. The molecule has 0 saturated carbocycles. The maximum Gasteiger partial charge on any atom is 0.326 e. The second kappa shape index (κ2) is 7.11. The van der Waals surface area contributed by atoms with Crippen LogP contribution in [0.2, 0.25) is 0 Å². The first-order valence-electron chi connectivity index (χ1n) is 7.14. The number of aryl methyl sites for hydroxylation is 3. The highest BCUT2D eigenvalue weighted by Gasteiger charge is 2.25. The van der Waals surface area contributed by atoms with Crippen molar-refractivity contribution in [3.63, 3.8) is 0 Å². The largest absolute Gasteiger partial charge is 0.480 e. The van der Waals surface area contributed by atoms with Crippen LogP contribution in [-0.2, 0) is 4.79 Å². The second-order valence-electron chi connectivity index (χ2n) is 5.57. The molecule has 0 aliphatic carbocycles. The topological polar surface area (TPSA) is 78.4 Å². The maximum absolute atomic E-state index is 12.1. The molecule has 5 nitrogen and oxygen atoms in total. The van der Waals surface area contributed by atoms with Crippen LogP contribution in [0.4, 0.5) is 10.5 Å². The number of hydrogen-bond acceptors (Lipinski definition) is 2. The van der Waals surface area contributed by atoms with Gasteiger partial charge in [0.05, 0.1) is 0 Å². The number of carbonyl (C=O) groups is 2. The summed E-state index contributed by atoms with van der Waals surface area (Å²) in [6.45, 7) is 9.53. The van der Waals surface area contributed by atoms with Gasteiger partial charge in [-0.15, -0.1) is 0 Å². The fraction of sp³-hybridized carbons (Fsp3) is 0.500. The molecule has 21 heavy (non-hydrogen) atoms. The van der Waals surface area contributed by atoms with Crippen LogP contribution >= 0.6 is 0 Å². The van der Waals surface area contributed by atoms with Crippen LogP contribution in [0.15, 0.2) is 12.1 Å². The van der Waals surface area contributed by atoms with Gasteiger partial charge in [0.25, 0.3) is 0 Å². The number of benzene rings is 1. The van der Waals surface area contributed by atoms with E-state index in [0.29, 0.717) is 6.42 Å². The lowest BCUT2D eigenvalue weighted by Crippen LogP contribution is -2.46. The summed E-state index contributed by atoms with van der Waals surface area (Å²) in [5.41, 5.74) is 3.77. The van der Waals surface area contributed by atoms with E-state index < -0.39 is 18.0 Å². The van der Waals surface area contributed by atoms with E-state index in [-0.39, 0.29) is 5.92 Å². The molecule has 0 saturated heterocycles. The number of aliphatic carboxylic acids is 1. The third kappa shape index (κ3) is 4.48. The Morgan fingerprint density at radius 1 is 1.19 bits per heavy atom. The molecule has 0 aliphatic heterocycles. The molecule has 0 bridgehead atoms. The molecule has 2 atom stereocenters. The van der Waals surface area contributed by atoms with Gasteiger partial charge in [0.15, 0.2) is 0 Å². The number of carbonyl (C=O) groups excluding carboxylic acids is 1. The van der Waals surface area contributed by atoms with Crippen molar-refractivity contribution in [3.05, 3.63) is 28.8 Å². The highest BCUT2D eigenvalue weighted by molar-refractivity contribution is 5.93. The molecule has 0 heterocycles. The molecule has 1 aromatic carbocycles. The van der Waals surface area contributed by atoms with Crippen molar-refractivity contribution < 1.29 is 14.7 Å². The lowest BCUT2D eigenvalue weighted by atomic mass is 9.99. The van der Waals surface area contributed by atoms with Crippen molar-refractivity contribution in [2.24, 2.45) is 5.92 Å². The molecule has 1 rings (SSSR count). The van der Waals surface area contributed by atoms with E-state index in [1.807, 2.05) is 39.8 Å². The Bertz CT molecular complexity index is 517. The summed E-state index contributed by atoms with van der Waals surface area (Å²) in [4.78, 5) is 23.3. The minimum Gasteiger partial charge on any atom is -0.480 e. The van der Waals surface area contributed by atoms with Crippen LogP contribution < -0.4 is 10.6 Å². The Labute approximate surface area is 125 Å². The molecule has 0 aliphatic rings. The van der Waals surface area contributed by atoms with Crippen LogP contribution in [0, 0.1) is 26.7 Å². The Morgan fingerprint density at radius 3 is 2.14 bits per heavy atom. The fourth-order valence-corrected chi connectivity index (χ4v) is 2.35. The summed E-state index contributed by atoms with van der Waals surface area (Å²) >= 11 is 0. The van der Waals surface area contributed by atoms with Gasteiger partial charge in [0, 0.05) is 5.69 Å². The number of urea groups is 1. The lowest BCUT2D eigenvalue weighted by molar-refractivity contribution is -0.140. The normalized spacial score (nSPS) is 13.4.